The van der Waals surface area contributed by atoms with Crippen molar-refractivity contribution in [2.24, 2.45) is 4.99 Å². The van der Waals surface area contributed by atoms with Gasteiger partial charge < -0.3 is 20.1 Å². The highest BCUT2D eigenvalue weighted by Gasteiger charge is 2.38. The molecule has 0 spiro atoms. The highest BCUT2D eigenvalue weighted by molar-refractivity contribution is 14.0. The summed E-state index contributed by atoms with van der Waals surface area (Å²) in [6, 6.07) is 10.4. The van der Waals surface area contributed by atoms with Gasteiger partial charge in [0.1, 0.15) is 0 Å². The van der Waals surface area contributed by atoms with Gasteiger partial charge in [-0.15, -0.1) is 24.0 Å². The third-order valence-corrected chi connectivity index (χ3v) is 6.39. The molecule has 2 aliphatic rings. The summed E-state index contributed by atoms with van der Waals surface area (Å²) in [7, 11) is 1.86. The van der Waals surface area contributed by atoms with Crippen LogP contribution in [-0.2, 0) is 16.1 Å². The fourth-order valence-corrected chi connectivity index (χ4v) is 4.62. The zero-order chi connectivity index (χ0) is 20.9. The van der Waals surface area contributed by atoms with Gasteiger partial charge in [-0.25, -0.2) is 0 Å². The Hall–Kier alpha value is -0.900. The van der Waals surface area contributed by atoms with E-state index in [4.69, 9.17) is 9.47 Å². The molecular formula is C24H41IN4O2. The Labute approximate surface area is 205 Å². The molecule has 2 N–H and O–H groups in total. The minimum atomic E-state index is 0. The number of nitrogens with one attached hydrogen (secondary N) is 2. The average molecular weight is 545 g/mol. The Morgan fingerprint density at radius 1 is 1.06 bits per heavy atom. The molecule has 7 heteroatoms. The Morgan fingerprint density at radius 3 is 2.52 bits per heavy atom. The van der Waals surface area contributed by atoms with Gasteiger partial charge in [-0.05, 0) is 31.2 Å². The topological polar surface area (TPSA) is 58.1 Å². The summed E-state index contributed by atoms with van der Waals surface area (Å²) >= 11 is 0. The quantitative estimate of drug-likeness (QED) is 0.203. The first-order chi connectivity index (χ1) is 14.8. The van der Waals surface area contributed by atoms with Crippen LogP contribution in [0.4, 0.5) is 0 Å². The molecule has 3 rings (SSSR count). The molecule has 1 aliphatic carbocycles. The van der Waals surface area contributed by atoms with E-state index in [1.165, 1.54) is 37.7 Å². The number of nitrogens with zero attached hydrogens (tertiary/aromatic N) is 2. The van der Waals surface area contributed by atoms with E-state index in [9.17, 15) is 0 Å². The smallest absolute Gasteiger partial charge is 0.191 e. The molecule has 0 unspecified atom stereocenters. The minimum absolute atomic E-state index is 0. The molecule has 2 fully saturated rings. The van der Waals surface area contributed by atoms with E-state index in [2.05, 4.69) is 44.8 Å². The number of benzene rings is 1. The highest BCUT2D eigenvalue weighted by atomic mass is 127. The van der Waals surface area contributed by atoms with Crippen LogP contribution in [-0.4, -0.2) is 69.4 Å². The number of hydrogen-bond donors (Lipinski definition) is 2. The van der Waals surface area contributed by atoms with E-state index in [0.29, 0.717) is 6.61 Å². The van der Waals surface area contributed by atoms with Gasteiger partial charge in [0.05, 0.1) is 19.8 Å². The van der Waals surface area contributed by atoms with Gasteiger partial charge in [0, 0.05) is 45.4 Å². The van der Waals surface area contributed by atoms with Crippen molar-refractivity contribution in [3.63, 3.8) is 0 Å². The maximum Gasteiger partial charge on any atom is 0.191 e. The van der Waals surface area contributed by atoms with Gasteiger partial charge in [0.25, 0.3) is 0 Å². The fraction of sp³-hybridized carbons (Fsp3) is 0.708. The number of unbranched alkanes of at least 4 members (excludes halogenated alkanes) is 1. The van der Waals surface area contributed by atoms with Crippen molar-refractivity contribution in [2.45, 2.75) is 57.1 Å². The number of hydrogen-bond acceptors (Lipinski definition) is 4. The molecule has 0 atom stereocenters. The number of halogens is 1. The third-order valence-electron chi connectivity index (χ3n) is 6.39. The number of aliphatic imine (C=N–C) groups is 1. The van der Waals surface area contributed by atoms with Crippen LogP contribution < -0.4 is 10.6 Å². The standard InChI is InChI=1S/C24H40N4O2.HI/c1-25-23(26-14-8-9-17-30-20-22-10-4-2-5-11-22)27-21-24(12-6-3-7-13-24)28-15-18-29-19-16-28;/h2,4-5,10-11H,3,6-9,12-21H2,1H3,(H2,25,26,27);1H. The summed E-state index contributed by atoms with van der Waals surface area (Å²) in [6.45, 7) is 7.20. The fourth-order valence-electron chi connectivity index (χ4n) is 4.62. The van der Waals surface area contributed by atoms with Gasteiger partial charge in [-0.3, -0.25) is 9.89 Å². The van der Waals surface area contributed by atoms with Crippen LogP contribution in [0.3, 0.4) is 0 Å². The second kappa shape index (κ2) is 15.0. The van der Waals surface area contributed by atoms with Crippen molar-refractivity contribution in [3.8, 4) is 0 Å². The highest BCUT2D eigenvalue weighted by Crippen LogP contribution is 2.33. The maximum atomic E-state index is 5.77. The average Bonchev–Trinajstić information content (AvgIpc) is 2.82. The van der Waals surface area contributed by atoms with Crippen molar-refractivity contribution < 1.29 is 9.47 Å². The van der Waals surface area contributed by atoms with E-state index < -0.39 is 0 Å². The van der Waals surface area contributed by atoms with Crippen molar-refractivity contribution >= 4 is 29.9 Å². The minimum Gasteiger partial charge on any atom is -0.379 e. The Balaban J connectivity index is 0.00000341. The summed E-state index contributed by atoms with van der Waals surface area (Å²) in [6.07, 6.45) is 8.69. The number of rotatable bonds is 10. The molecule has 176 valence electrons. The Kier molecular flexibility index (Phi) is 12.8. The van der Waals surface area contributed by atoms with Crippen LogP contribution in [0.25, 0.3) is 0 Å². The van der Waals surface area contributed by atoms with Crippen molar-refractivity contribution in [1.82, 2.24) is 15.5 Å². The number of morpholine rings is 1. The molecule has 0 amide bonds. The first-order valence-electron chi connectivity index (χ1n) is 11.7. The molecule has 1 aromatic rings. The van der Waals surface area contributed by atoms with Crippen LogP contribution >= 0.6 is 24.0 Å². The summed E-state index contributed by atoms with van der Waals surface area (Å²) < 4.78 is 11.4. The normalized spacial score (nSPS) is 19.5. The zero-order valence-electron chi connectivity index (χ0n) is 19.1. The molecule has 1 heterocycles. The maximum absolute atomic E-state index is 5.77. The van der Waals surface area contributed by atoms with Crippen molar-refractivity contribution in [1.29, 1.82) is 0 Å². The van der Waals surface area contributed by atoms with Crippen LogP contribution in [0, 0.1) is 0 Å². The molecule has 1 aliphatic heterocycles. The predicted octanol–water partition coefficient (Wildman–Crippen LogP) is 3.80. The van der Waals surface area contributed by atoms with E-state index in [-0.39, 0.29) is 29.5 Å². The van der Waals surface area contributed by atoms with Gasteiger partial charge in [-0.2, -0.15) is 0 Å². The second-order valence-corrected chi connectivity index (χ2v) is 8.48. The molecule has 31 heavy (non-hydrogen) atoms. The van der Waals surface area contributed by atoms with Gasteiger partial charge in [-0.1, -0.05) is 49.6 Å². The molecule has 0 radical (unpaired) electrons. The van der Waals surface area contributed by atoms with Gasteiger partial charge in [0.2, 0.25) is 0 Å². The molecule has 1 saturated carbocycles. The molecule has 1 saturated heterocycles. The van der Waals surface area contributed by atoms with E-state index in [1.807, 2.05) is 13.1 Å². The number of ether oxygens (including phenoxy) is 2. The lowest BCUT2D eigenvalue weighted by atomic mass is 9.80. The molecule has 0 bridgehead atoms. The van der Waals surface area contributed by atoms with Crippen LogP contribution in [0.15, 0.2) is 35.3 Å². The molecular weight excluding hydrogens is 503 g/mol. The first kappa shape index (κ1) is 26.4. The van der Waals surface area contributed by atoms with Crippen molar-refractivity contribution in [3.05, 3.63) is 35.9 Å². The lowest BCUT2D eigenvalue weighted by Crippen LogP contribution is -2.60. The lowest BCUT2D eigenvalue weighted by Gasteiger charge is -2.48. The van der Waals surface area contributed by atoms with Crippen LogP contribution in [0.2, 0.25) is 0 Å². The van der Waals surface area contributed by atoms with E-state index in [0.717, 1.165) is 64.8 Å². The van der Waals surface area contributed by atoms with Crippen LogP contribution in [0.5, 0.6) is 0 Å². The zero-order valence-corrected chi connectivity index (χ0v) is 21.4. The summed E-state index contributed by atoms with van der Waals surface area (Å²) in [5.41, 5.74) is 1.49. The Bertz CT molecular complexity index is 617. The van der Waals surface area contributed by atoms with Gasteiger partial charge in [0.15, 0.2) is 5.96 Å². The predicted molar refractivity (Wildman–Crippen MR) is 138 cm³/mol. The SMILES string of the molecule is CN=C(NCCCCOCc1ccccc1)NCC1(N2CCOCC2)CCCCC1.I. The summed E-state index contributed by atoms with van der Waals surface area (Å²) in [4.78, 5) is 7.11. The first-order valence-corrected chi connectivity index (χ1v) is 11.7. The molecule has 1 aromatic carbocycles. The summed E-state index contributed by atoms with van der Waals surface area (Å²) in [5.74, 6) is 0.915. The third kappa shape index (κ3) is 8.86. The number of guanidine groups is 1. The molecule has 0 aromatic heterocycles. The largest absolute Gasteiger partial charge is 0.379 e. The summed E-state index contributed by atoms with van der Waals surface area (Å²) in [5, 5.41) is 7.10. The molecule has 6 nitrogen and oxygen atoms in total. The van der Waals surface area contributed by atoms with Gasteiger partial charge >= 0.3 is 0 Å². The van der Waals surface area contributed by atoms with Crippen LogP contribution in [0.1, 0.15) is 50.5 Å². The monoisotopic (exact) mass is 544 g/mol. The van der Waals surface area contributed by atoms with E-state index in [1.54, 1.807) is 0 Å². The van der Waals surface area contributed by atoms with Crippen molar-refractivity contribution in [2.75, 3.05) is 53.0 Å². The Morgan fingerprint density at radius 2 is 1.81 bits per heavy atom. The van der Waals surface area contributed by atoms with E-state index >= 15 is 0 Å². The lowest BCUT2D eigenvalue weighted by molar-refractivity contribution is -0.0352. The second-order valence-electron chi connectivity index (χ2n) is 8.48.